The Morgan fingerprint density at radius 2 is 1.92 bits per heavy atom. The average Bonchev–Trinajstić information content (AvgIpc) is 2.07. The second kappa shape index (κ2) is 6.19. The van der Waals surface area contributed by atoms with E-state index in [1.54, 1.807) is 6.07 Å². The average molecular weight is 222 g/mol. The molecule has 13 heavy (non-hydrogen) atoms. The van der Waals surface area contributed by atoms with Gasteiger partial charge in [0.05, 0.1) is 6.61 Å². The molecule has 0 saturated carbocycles. The minimum atomic E-state index is -0.102. The summed E-state index contributed by atoms with van der Waals surface area (Å²) >= 11 is 11.3. The van der Waals surface area contributed by atoms with Crippen LogP contribution in [0.3, 0.4) is 0 Å². The second-order valence-corrected chi connectivity index (χ2v) is 2.93. The van der Waals surface area contributed by atoms with E-state index in [4.69, 9.17) is 28.3 Å². The van der Waals surface area contributed by atoms with Crippen LogP contribution in [0.25, 0.3) is 0 Å². The van der Waals surface area contributed by atoms with Crippen LogP contribution in [0.15, 0.2) is 6.07 Å². The molecule has 0 unspecified atom stereocenters. The van der Waals surface area contributed by atoms with E-state index in [0.717, 1.165) is 5.56 Å². The first-order valence-corrected chi connectivity index (χ1v) is 4.83. The van der Waals surface area contributed by atoms with Crippen LogP contribution in [0, 0.1) is 6.92 Å². The summed E-state index contributed by atoms with van der Waals surface area (Å²) in [5, 5.41) is 9.45. The Hall–Kier alpha value is -0.310. The molecular weight excluding hydrogens is 209 g/mol. The maximum absolute atomic E-state index is 8.82. The van der Waals surface area contributed by atoms with Crippen LogP contribution in [0.1, 0.15) is 25.0 Å². The molecule has 0 amide bonds. The topological polar surface area (TPSA) is 33.1 Å². The summed E-state index contributed by atoms with van der Waals surface area (Å²) in [7, 11) is 0. The highest BCUT2D eigenvalue weighted by Gasteiger charge is 2.05. The summed E-state index contributed by atoms with van der Waals surface area (Å²) in [6, 6.07) is 1.67. The third-order valence-electron chi connectivity index (χ3n) is 1.42. The zero-order chi connectivity index (χ0) is 10.4. The van der Waals surface area contributed by atoms with Gasteiger partial charge in [-0.05, 0) is 18.6 Å². The maximum Gasteiger partial charge on any atom is 0.136 e. The van der Waals surface area contributed by atoms with Gasteiger partial charge in [-0.3, -0.25) is 0 Å². The van der Waals surface area contributed by atoms with E-state index < -0.39 is 0 Å². The molecule has 0 bridgehead atoms. The maximum atomic E-state index is 8.82. The van der Waals surface area contributed by atoms with Crippen molar-refractivity contribution in [3.63, 3.8) is 0 Å². The molecule has 0 aliphatic carbocycles. The molecule has 2 nitrogen and oxygen atoms in total. The molecule has 74 valence electrons. The van der Waals surface area contributed by atoms with Gasteiger partial charge in [0.1, 0.15) is 10.3 Å². The van der Waals surface area contributed by atoms with E-state index in [2.05, 4.69) is 4.98 Å². The minimum Gasteiger partial charge on any atom is -0.392 e. The molecule has 0 atom stereocenters. The zero-order valence-electron chi connectivity index (χ0n) is 7.93. The summed E-state index contributed by atoms with van der Waals surface area (Å²) in [6.45, 7) is 5.72. The van der Waals surface area contributed by atoms with Gasteiger partial charge in [-0.2, -0.15) is 0 Å². The van der Waals surface area contributed by atoms with Gasteiger partial charge in [-0.15, -0.1) is 0 Å². The Morgan fingerprint density at radius 3 is 2.31 bits per heavy atom. The summed E-state index contributed by atoms with van der Waals surface area (Å²) in [4.78, 5) is 3.78. The number of aryl methyl sites for hydroxylation is 1. The van der Waals surface area contributed by atoms with Crippen LogP contribution in [-0.4, -0.2) is 10.1 Å². The van der Waals surface area contributed by atoms with Gasteiger partial charge in [-0.1, -0.05) is 37.0 Å². The van der Waals surface area contributed by atoms with Gasteiger partial charge < -0.3 is 5.11 Å². The number of nitrogens with zero attached hydrogens (tertiary/aromatic N) is 1. The van der Waals surface area contributed by atoms with E-state index in [0.29, 0.717) is 10.7 Å². The number of aliphatic hydroxyl groups is 1. The molecule has 0 fully saturated rings. The highest BCUT2D eigenvalue weighted by atomic mass is 35.5. The Balaban J connectivity index is 0.000000671. The van der Waals surface area contributed by atoms with Crippen molar-refractivity contribution in [3.05, 3.63) is 27.5 Å². The van der Waals surface area contributed by atoms with Crippen molar-refractivity contribution in [1.82, 2.24) is 4.98 Å². The van der Waals surface area contributed by atoms with Crippen LogP contribution in [0.4, 0.5) is 0 Å². The Morgan fingerprint density at radius 1 is 1.38 bits per heavy atom. The van der Waals surface area contributed by atoms with Gasteiger partial charge >= 0.3 is 0 Å². The van der Waals surface area contributed by atoms with E-state index in [-0.39, 0.29) is 11.8 Å². The SMILES string of the molecule is CC.Cc1cc(Cl)nc(Cl)c1CO. The van der Waals surface area contributed by atoms with Crippen LogP contribution in [0.2, 0.25) is 10.3 Å². The lowest BCUT2D eigenvalue weighted by Crippen LogP contribution is -1.92. The molecule has 1 N–H and O–H groups in total. The van der Waals surface area contributed by atoms with Crippen molar-refractivity contribution < 1.29 is 5.11 Å². The van der Waals surface area contributed by atoms with Crippen LogP contribution in [-0.2, 0) is 6.61 Å². The fourth-order valence-electron chi connectivity index (χ4n) is 0.812. The van der Waals surface area contributed by atoms with Gasteiger partial charge in [0.15, 0.2) is 0 Å². The monoisotopic (exact) mass is 221 g/mol. The molecule has 0 spiro atoms. The largest absolute Gasteiger partial charge is 0.392 e. The number of hydrogen-bond acceptors (Lipinski definition) is 2. The lowest BCUT2D eigenvalue weighted by molar-refractivity contribution is 0.280. The fourth-order valence-corrected chi connectivity index (χ4v) is 1.40. The first-order chi connectivity index (χ1) is 6.15. The smallest absolute Gasteiger partial charge is 0.136 e. The molecule has 0 aliphatic heterocycles. The van der Waals surface area contributed by atoms with Crippen molar-refractivity contribution in [2.24, 2.45) is 0 Å². The number of pyridine rings is 1. The lowest BCUT2D eigenvalue weighted by Gasteiger charge is -2.03. The molecule has 0 radical (unpaired) electrons. The van der Waals surface area contributed by atoms with E-state index in [1.165, 1.54) is 0 Å². The zero-order valence-corrected chi connectivity index (χ0v) is 9.45. The first kappa shape index (κ1) is 12.7. The normalized spacial score (nSPS) is 9.08. The molecule has 0 aromatic carbocycles. The summed E-state index contributed by atoms with van der Waals surface area (Å²) < 4.78 is 0. The first-order valence-electron chi connectivity index (χ1n) is 4.07. The Labute approximate surface area is 88.5 Å². The predicted octanol–water partition coefficient (Wildman–Crippen LogP) is 3.22. The minimum absolute atomic E-state index is 0.102. The molecule has 1 aromatic heterocycles. The third kappa shape index (κ3) is 3.51. The molecule has 1 aromatic rings. The quantitative estimate of drug-likeness (QED) is 0.740. The standard InChI is InChI=1S/C7H7Cl2NO.C2H6/c1-4-2-6(8)10-7(9)5(4)3-11;1-2/h2,11H,3H2,1H3;1-2H3. The Bertz CT molecular complexity index is 253. The highest BCUT2D eigenvalue weighted by Crippen LogP contribution is 2.20. The highest BCUT2D eigenvalue weighted by molar-refractivity contribution is 6.33. The van der Waals surface area contributed by atoms with Crippen molar-refractivity contribution in [3.8, 4) is 0 Å². The molecule has 1 heterocycles. The number of rotatable bonds is 1. The Kier molecular flexibility index (Phi) is 6.04. The van der Waals surface area contributed by atoms with Gasteiger partial charge in [0, 0.05) is 5.56 Å². The van der Waals surface area contributed by atoms with Crippen LogP contribution < -0.4 is 0 Å². The van der Waals surface area contributed by atoms with Crippen molar-refractivity contribution in [2.75, 3.05) is 0 Å². The number of aliphatic hydroxyl groups excluding tert-OH is 1. The van der Waals surface area contributed by atoms with Gasteiger partial charge in [-0.25, -0.2) is 4.98 Å². The summed E-state index contributed by atoms with van der Waals surface area (Å²) in [5.41, 5.74) is 1.49. The number of hydrogen-bond donors (Lipinski definition) is 1. The lowest BCUT2D eigenvalue weighted by atomic mass is 10.2. The van der Waals surface area contributed by atoms with Gasteiger partial charge in [0.2, 0.25) is 0 Å². The molecule has 4 heteroatoms. The van der Waals surface area contributed by atoms with Gasteiger partial charge in [0.25, 0.3) is 0 Å². The van der Waals surface area contributed by atoms with E-state index >= 15 is 0 Å². The molecular formula is C9H13Cl2NO. The van der Waals surface area contributed by atoms with E-state index in [9.17, 15) is 0 Å². The van der Waals surface area contributed by atoms with E-state index in [1.807, 2.05) is 20.8 Å². The van der Waals surface area contributed by atoms with Crippen molar-refractivity contribution >= 4 is 23.2 Å². The van der Waals surface area contributed by atoms with Crippen LogP contribution in [0.5, 0.6) is 0 Å². The fraction of sp³-hybridized carbons (Fsp3) is 0.444. The number of aromatic nitrogens is 1. The van der Waals surface area contributed by atoms with Crippen molar-refractivity contribution in [2.45, 2.75) is 27.4 Å². The molecule has 0 saturated heterocycles. The predicted molar refractivity (Wildman–Crippen MR) is 56.3 cm³/mol. The van der Waals surface area contributed by atoms with Crippen LogP contribution >= 0.6 is 23.2 Å². The summed E-state index contributed by atoms with van der Waals surface area (Å²) in [6.07, 6.45) is 0. The molecule has 0 aliphatic rings. The van der Waals surface area contributed by atoms with Crippen molar-refractivity contribution in [1.29, 1.82) is 0 Å². The summed E-state index contributed by atoms with van der Waals surface area (Å²) in [5.74, 6) is 0. The number of halogens is 2. The third-order valence-corrected chi connectivity index (χ3v) is 1.93. The second-order valence-electron chi connectivity index (χ2n) is 2.19. The molecule has 1 rings (SSSR count).